The van der Waals surface area contributed by atoms with Gasteiger partial charge in [0.05, 0.1) is 74.4 Å². The fourth-order valence-electron chi connectivity index (χ4n) is 7.94. The second kappa shape index (κ2) is 12.1. The number of hydrogen-bond donors (Lipinski definition) is 0. The van der Waals surface area contributed by atoms with Crippen LogP contribution in [0.5, 0.6) is 0 Å². The van der Waals surface area contributed by atoms with E-state index in [0.29, 0.717) is 33.9 Å². The van der Waals surface area contributed by atoms with E-state index in [1.54, 1.807) is 12.1 Å². The molecule has 0 spiro atoms. The molecule has 244 valence electrons. The van der Waals surface area contributed by atoms with Crippen LogP contribution in [0.15, 0.2) is 152 Å². The maximum atomic E-state index is 9.71. The lowest BCUT2D eigenvalue weighted by molar-refractivity contribution is 0.729. The Morgan fingerprint density at radius 3 is 1.34 bits per heavy atom. The van der Waals surface area contributed by atoms with Crippen LogP contribution in [-0.2, 0) is 5.41 Å². The summed E-state index contributed by atoms with van der Waals surface area (Å²) < 4.78 is 2.08. The molecule has 2 aromatic heterocycles. The molecule has 7 nitrogen and oxygen atoms in total. The molecule has 3 heterocycles. The van der Waals surface area contributed by atoms with E-state index in [4.69, 9.17) is 4.98 Å². The third-order valence-electron chi connectivity index (χ3n) is 10.2. The molecule has 0 amide bonds. The zero-order valence-corrected chi connectivity index (χ0v) is 28.1. The highest BCUT2D eigenvalue weighted by atomic mass is 15.2. The van der Waals surface area contributed by atoms with Crippen molar-refractivity contribution in [1.82, 2.24) is 9.55 Å². The Balaban J connectivity index is 1.31. The molecular weight excluding hydrogens is 651 g/mol. The van der Waals surface area contributed by atoms with E-state index in [-0.39, 0.29) is 0 Å². The van der Waals surface area contributed by atoms with Crippen molar-refractivity contribution in [2.75, 3.05) is 4.90 Å². The van der Waals surface area contributed by atoms with E-state index >= 15 is 0 Å². The summed E-state index contributed by atoms with van der Waals surface area (Å²) in [6.45, 7) is 0. The highest BCUT2D eigenvalue weighted by Crippen LogP contribution is 2.57. The van der Waals surface area contributed by atoms with Gasteiger partial charge in [0.25, 0.3) is 0 Å². The van der Waals surface area contributed by atoms with Gasteiger partial charge in [0.15, 0.2) is 0 Å². The normalized spacial score (nSPS) is 12.6. The minimum absolute atomic E-state index is 0.537. The van der Waals surface area contributed by atoms with Crippen LogP contribution in [0.1, 0.15) is 44.5 Å². The first-order chi connectivity index (χ1) is 26.1. The Bertz CT molecular complexity index is 2770. The fraction of sp³-hybridized carbons (Fsp3) is 0.0217. The van der Waals surface area contributed by atoms with E-state index in [1.165, 1.54) is 0 Å². The minimum Gasteiger partial charge on any atom is -0.294 e. The smallest absolute Gasteiger partial charge is 0.140 e. The second-order valence-corrected chi connectivity index (χ2v) is 12.9. The van der Waals surface area contributed by atoms with Gasteiger partial charge in [0.2, 0.25) is 0 Å². The number of pyridine rings is 1. The SMILES string of the molecule is N#Cc1ccc(C2(c3ccc(C#N)cc3)c3ccccc3N(c3cccc(-n4c5ccc(C#N)cc5c5cc(C#N)ccc54)n3)c3ccccc32)cc1. The van der Waals surface area contributed by atoms with Gasteiger partial charge in [0, 0.05) is 10.8 Å². The fourth-order valence-corrected chi connectivity index (χ4v) is 7.94. The Kier molecular flexibility index (Phi) is 7.10. The molecule has 0 fully saturated rings. The molecular formula is C46H25N7. The van der Waals surface area contributed by atoms with Gasteiger partial charge < -0.3 is 0 Å². The van der Waals surface area contributed by atoms with Crippen molar-refractivity contribution in [2.24, 2.45) is 0 Å². The molecule has 1 aliphatic rings. The summed E-state index contributed by atoms with van der Waals surface area (Å²) in [4.78, 5) is 7.54. The zero-order chi connectivity index (χ0) is 36.1. The maximum absolute atomic E-state index is 9.71. The van der Waals surface area contributed by atoms with Crippen LogP contribution in [-0.4, -0.2) is 9.55 Å². The molecule has 0 saturated heterocycles. The number of hydrogen-bond acceptors (Lipinski definition) is 6. The number of para-hydroxylation sites is 2. The Labute approximate surface area is 305 Å². The molecule has 7 heteroatoms. The van der Waals surface area contributed by atoms with Crippen molar-refractivity contribution in [3.05, 3.63) is 196 Å². The Hall–Kier alpha value is -7.97. The second-order valence-electron chi connectivity index (χ2n) is 12.9. The first kappa shape index (κ1) is 31.0. The van der Waals surface area contributed by atoms with Gasteiger partial charge in [-0.05, 0) is 107 Å². The van der Waals surface area contributed by atoms with Crippen molar-refractivity contribution in [3.8, 4) is 30.1 Å². The Morgan fingerprint density at radius 2 is 0.868 bits per heavy atom. The molecule has 0 radical (unpaired) electrons. The number of nitrogens with zero attached hydrogens (tertiary/aromatic N) is 7. The highest BCUT2D eigenvalue weighted by molar-refractivity contribution is 6.10. The van der Waals surface area contributed by atoms with Crippen molar-refractivity contribution in [1.29, 1.82) is 21.0 Å². The van der Waals surface area contributed by atoms with Gasteiger partial charge in [-0.15, -0.1) is 0 Å². The number of fused-ring (bicyclic) bond motifs is 5. The first-order valence-corrected chi connectivity index (χ1v) is 17.0. The van der Waals surface area contributed by atoms with Gasteiger partial charge >= 0.3 is 0 Å². The molecule has 0 N–H and O–H groups in total. The molecule has 0 aliphatic carbocycles. The monoisotopic (exact) mass is 675 g/mol. The van der Waals surface area contributed by atoms with E-state index in [2.05, 4.69) is 58.0 Å². The van der Waals surface area contributed by atoms with Gasteiger partial charge in [-0.2, -0.15) is 21.0 Å². The van der Waals surface area contributed by atoms with Crippen LogP contribution in [0.25, 0.3) is 27.6 Å². The van der Waals surface area contributed by atoms with E-state index in [0.717, 1.165) is 55.4 Å². The predicted molar refractivity (Wildman–Crippen MR) is 204 cm³/mol. The molecule has 8 aromatic rings. The summed E-state index contributed by atoms with van der Waals surface area (Å²) in [6.07, 6.45) is 0. The number of nitriles is 4. The van der Waals surface area contributed by atoms with E-state index in [1.807, 2.05) is 115 Å². The summed E-state index contributed by atoms with van der Waals surface area (Å²) in [6, 6.07) is 58.3. The van der Waals surface area contributed by atoms with Crippen molar-refractivity contribution >= 4 is 39.0 Å². The molecule has 0 saturated carbocycles. The summed E-state index contributed by atoms with van der Waals surface area (Å²) >= 11 is 0. The quantitative estimate of drug-likeness (QED) is 0.183. The lowest BCUT2D eigenvalue weighted by Gasteiger charge is -2.46. The minimum atomic E-state index is -0.799. The molecule has 0 bridgehead atoms. The number of benzene rings is 6. The van der Waals surface area contributed by atoms with Crippen molar-refractivity contribution < 1.29 is 0 Å². The number of anilines is 3. The average Bonchev–Trinajstić information content (AvgIpc) is 3.55. The summed E-state index contributed by atoms with van der Waals surface area (Å²) in [5.41, 5.74) is 9.05. The lowest BCUT2D eigenvalue weighted by Crippen LogP contribution is -2.38. The van der Waals surface area contributed by atoms with Crippen LogP contribution < -0.4 is 4.90 Å². The average molecular weight is 676 g/mol. The summed E-state index contributed by atoms with van der Waals surface area (Å²) in [7, 11) is 0. The standard InChI is InChI=1S/C46H25N7/c47-26-30-12-18-34(19-13-30)46(35-20-14-31(27-48)15-21-35)38-6-1-3-8-42(38)53(43-9-4-2-7-39(43)46)45-11-5-10-44(51-45)52-40-22-16-32(28-49)24-36(40)37-25-33(29-50)17-23-41(37)52/h1-25H. The van der Waals surface area contributed by atoms with E-state index in [9.17, 15) is 21.0 Å². The number of aromatic nitrogens is 2. The first-order valence-electron chi connectivity index (χ1n) is 17.0. The maximum Gasteiger partial charge on any atom is 0.140 e. The summed E-state index contributed by atoms with van der Waals surface area (Å²) in [5.74, 6) is 1.39. The predicted octanol–water partition coefficient (Wildman–Crippen LogP) is 9.83. The highest BCUT2D eigenvalue weighted by Gasteiger charge is 2.46. The van der Waals surface area contributed by atoms with Crippen LogP contribution >= 0.6 is 0 Å². The summed E-state index contributed by atoms with van der Waals surface area (Å²) in [5, 5.41) is 40.5. The molecule has 1 aliphatic heterocycles. The zero-order valence-electron chi connectivity index (χ0n) is 28.1. The Morgan fingerprint density at radius 1 is 0.434 bits per heavy atom. The van der Waals surface area contributed by atoms with Crippen LogP contribution in [0.3, 0.4) is 0 Å². The third kappa shape index (κ3) is 4.60. The van der Waals surface area contributed by atoms with Crippen LogP contribution in [0, 0.1) is 45.3 Å². The molecule has 0 unspecified atom stereocenters. The lowest BCUT2D eigenvalue weighted by atomic mass is 9.62. The molecule has 0 atom stereocenters. The van der Waals surface area contributed by atoms with Crippen molar-refractivity contribution in [2.45, 2.75) is 5.41 Å². The molecule has 53 heavy (non-hydrogen) atoms. The van der Waals surface area contributed by atoms with E-state index < -0.39 is 5.41 Å². The molecule has 9 rings (SSSR count). The van der Waals surface area contributed by atoms with Gasteiger partial charge in [0.1, 0.15) is 11.6 Å². The number of rotatable bonds is 4. The van der Waals surface area contributed by atoms with Crippen molar-refractivity contribution in [3.63, 3.8) is 0 Å². The van der Waals surface area contributed by atoms with Crippen LogP contribution in [0.4, 0.5) is 17.2 Å². The van der Waals surface area contributed by atoms with Crippen LogP contribution in [0.2, 0.25) is 0 Å². The van der Waals surface area contributed by atoms with Gasteiger partial charge in [-0.1, -0.05) is 66.7 Å². The van der Waals surface area contributed by atoms with Gasteiger partial charge in [-0.3, -0.25) is 9.47 Å². The largest absolute Gasteiger partial charge is 0.294 e. The topological polar surface area (TPSA) is 116 Å². The van der Waals surface area contributed by atoms with Gasteiger partial charge in [-0.25, -0.2) is 4.98 Å². The molecule has 6 aromatic carbocycles. The third-order valence-corrected chi connectivity index (χ3v) is 10.2.